The Morgan fingerprint density at radius 2 is 1.64 bits per heavy atom. The fraction of sp³-hybridized carbons (Fsp3) is 0.192. The molecule has 0 aliphatic carbocycles. The Labute approximate surface area is 196 Å². The molecule has 0 saturated carbocycles. The van der Waals surface area contributed by atoms with Crippen LogP contribution in [0.1, 0.15) is 18.4 Å². The summed E-state index contributed by atoms with van der Waals surface area (Å²) in [5.74, 6) is 1.30. The number of amides is 3. The number of nitrogens with zero attached hydrogens (tertiary/aromatic N) is 1. The van der Waals surface area contributed by atoms with Crippen molar-refractivity contribution >= 4 is 40.9 Å². The molecule has 1 saturated heterocycles. The smallest absolute Gasteiger partial charge is 0.247 e. The van der Waals surface area contributed by atoms with Crippen LogP contribution in [-0.2, 0) is 14.4 Å². The van der Waals surface area contributed by atoms with Crippen molar-refractivity contribution < 1.29 is 19.1 Å². The van der Waals surface area contributed by atoms with E-state index in [0.717, 1.165) is 11.3 Å². The van der Waals surface area contributed by atoms with Crippen LogP contribution in [0.5, 0.6) is 11.5 Å². The van der Waals surface area contributed by atoms with Crippen LogP contribution in [-0.4, -0.2) is 28.7 Å². The largest absolute Gasteiger partial charge is 0.457 e. The Balaban J connectivity index is 1.23. The van der Waals surface area contributed by atoms with Crippen molar-refractivity contribution in [1.29, 1.82) is 0 Å². The second-order valence-electron chi connectivity index (χ2n) is 7.70. The standard InChI is InChI=1S/C26H24N2O4S/c1-18-7-11-20(12-8-18)28-25(30)17-23(26(28)31)33-16-15-24(29)27-19-9-13-22(14-10-19)32-21-5-3-2-4-6-21/h2-14,23H,15-17H2,1H3,(H,27,29). The molecule has 1 atom stereocenters. The maximum Gasteiger partial charge on any atom is 0.247 e. The molecule has 3 aromatic carbocycles. The first kappa shape index (κ1) is 22.6. The van der Waals surface area contributed by atoms with Gasteiger partial charge in [-0.15, -0.1) is 11.8 Å². The van der Waals surface area contributed by atoms with Crippen LogP contribution in [0.2, 0.25) is 0 Å². The van der Waals surface area contributed by atoms with Gasteiger partial charge in [-0.2, -0.15) is 0 Å². The number of benzene rings is 3. The number of thioether (sulfide) groups is 1. The van der Waals surface area contributed by atoms with Gasteiger partial charge in [-0.3, -0.25) is 14.4 Å². The monoisotopic (exact) mass is 460 g/mol. The van der Waals surface area contributed by atoms with Gasteiger partial charge >= 0.3 is 0 Å². The van der Waals surface area contributed by atoms with E-state index in [9.17, 15) is 14.4 Å². The number of carbonyl (C=O) groups excluding carboxylic acids is 3. The lowest BCUT2D eigenvalue weighted by molar-refractivity contribution is -0.121. The molecule has 0 radical (unpaired) electrons. The summed E-state index contributed by atoms with van der Waals surface area (Å²) in [4.78, 5) is 38.6. The minimum atomic E-state index is -0.457. The van der Waals surface area contributed by atoms with E-state index in [0.29, 0.717) is 22.9 Å². The van der Waals surface area contributed by atoms with Crippen molar-refractivity contribution in [3.8, 4) is 11.5 Å². The van der Waals surface area contributed by atoms with Crippen molar-refractivity contribution in [1.82, 2.24) is 0 Å². The number of para-hydroxylation sites is 1. The molecule has 6 nitrogen and oxygen atoms in total. The van der Waals surface area contributed by atoms with Crippen LogP contribution in [0.15, 0.2) is 78.9 Å². The highest BCUT2D eigenvalue weighted by Gasteiger charge is 2.39. The Kier molecular flexibility index (Phi) is 7.10. The zero-order valence-electron chi connectivity index (χ0n) is 18.2. The zero-order chi connectivity index (χ0) is 23.2. The number of hydrogen-bond acceptors (Lipinski definition) is 5. The molecule has 1 N–H and O–H groups in total. The first-order valence-corrected chi connectivity index (χ1v) is 11.7. The van der Waals surface area contributed by atoms with Crippen LogP contribution in [0.4, 0.5) is 11.4 Å². The molecule has 1 heterocycles. The average Bonchev–Trinajstić information content (AvgIpc) is 3.09. The van der Waals surface area contributed by atoms with Crippen LogP contribution >= 0.6 is 11.8 Å². The molecular weight excluding hydrogens is 436 g/mol. The summed E-state index contributed by atoms with van der Waals surface area (Å²) in [6.07, 6.45) is 0.400. The summed E-state index contributed by atoms with van der Waals surface area (Å²) in [6.45, 7) is 1.95. The van der Waals surface area contributed by atoms with Crippen molar-refractivity contribution in [2.24, 2.45) is 0 Å². The van der Waals surface area contributed by atoms with Gasteiger partial charge in [0.15, 0.2) is 0 Å². The molecule has 3 amide bonds. The van der Waals surface area contributed by atoms with E-state index in [1.165, 1.54) is 16.7 Å². The summed E-state index contributed by atoms with van der Waals surface area (Å²) in [6, 6.07) is 23.9. The third-order valence-corrected chi connectivity index (χ3v) is 6.37. The number of aryl methyl sites for hydroxylation is 1. The van der Waals surface area contributed by atoms with Crippen molar-refractivity contribution in [3.63, 3.8) is 0 Å². The van der Waals surface area contributed by atoms with Crippen molar-refractivity contribution in [3.05, 3.63) is 84.4 Å². The molecule has 0 aromatic heterocycles. The molecule has 4 rings (SSSR count). The minimum Gasteiger partial charge on any atom is -0.457 e. The molecule has 33 heavy (non-hydrogen) atoms. The molecule has 0 spiro atoms. The van der Waals surface area contributed by atoms with E-state index in [2.05, 4.69) is 5.32 Å². The molecule has 1 fully saturated rings. The number of imide groups is 1. The maximum atomic E-state index is 12.7. The zero-order valence-corrected chi connectivity index (χ0v) is 19.0. The molecule has 0 bridgehead atoms. The Morgan fingerprint density at radius 3 is 2.33 bits per heavy atom. The normalized spacial score (nSPS) is 15.5. The van der Waals surface area contributed by atoms with E-state index in [4.69, 9.17) is 4.74 Å². The number of carbonyl (C=O) groups is 3. The molecular formula is C26H24N2O4S. The predicted molar refractivity (Wildman–Crippen MR) is 131 cm³/mol. The number of nitrogens with one attached hydrogen (secondary N) is 1. The lowest BCUT2D eigenvalue weighted by Gasteiger charge is -2.15. The fourth-order valence-corrected chi connectivity index (χ4v) is 4.54. The van der Waals surface area contributed by atoms with Gasteiger partial charge < -0.3 is 10.1 Å². The Bertz CT molecular complexity index is 1130. The first-order chi connectivity index (χ1) is 16.0. The molecule has 1 aliphatic heterocycles. The second kappa shape index (κ2) is 10.4. The third kappa shape index (κ3) is 5.81. The first-order valence-electron chi connectivity index (χ1n) is 10.7. The average molecular weight is 461 g/mol. The van der Waals surface area contributed by atoms with Crippen LogP contribution in [0, 0.1) is 6.92 Å². The summed E-state index contributed by atoms with van der Waals surface area (Å²) >= 11 is 1.35. The van der Waals surface area contributed by atoms with Gasteiger partial charge in [0.05, 0.1) is 10.9 Å². The van der Waals surface area contributed by atoms with Crippen LogP contribution < -0.4 is 15.0 Å². The van der Waals surface area contributed by atoms with E-state index in [1.807, 2.05) is 49.4 Å². The summed E-state index contributed by atoms with van der Waals surface area (Å²) in [7, 11) is 0. The quantitative estimate of drug-likeness (QED) is 0.469. The highest BCUT2D eigenvalue weighted by Crippen LogP contribution is 2.30. The fourth-order valence-electron chi connectivity index (χ4n) is 3.45. The third-order valence-electron chi connectivity index (χ3n) is 5.16. The minimum absolute atomic E-state index is 0.147. The summed E-state index contributed by atoms with van der Waals surface area (Å²) in [5.41, 5.74) is 2.33. The summed E-state index contributed by atoms with van der Waals surface area (Å²) in [5, 5.41) is 2.39. The van der Waals surface area contributed by atoms with Gasteiger partial charge in [0.25, 0.3) is 0 Å². The number of rotatable bonds is 8. The van der Waals surface area contributed by atoms with E-state index in [-0.39, 0.29) is 30.6 Å². The number of hydrogen-bond donors (Lipinski definition) is 1. The van der Waals surface area contributed by atoms with Crippen LogP contribution in [0.25, 0.3) is 0 Å². The Hall–Kier alpha value is -3.58. The SMILES string of the molecule is Cc1ccc(N2C(=O)CC(SCCC(=O)Nc3ccc(Oc4ccccc4)cc3)C2=O)cc1. The Morgan fingerprint density at radius 1 is 0.970 bits per heavy atom. The van der Waals surface area contributed by atoms with Gasteiger partial charge in [0.1, 0.15) is 11.5 Å². The van der Waals surface area contributed by atoms with Crippen LogP contribution in [0.3, 0.4) is 0 Å². The number of ether oxygens (including phenoxy) is 1. The van der Waals surface area contributed by atoms with Gasteiger partial charge in [-0.05, 0) is 55.5 Å². The van der Waals surface area contributed by atoms with Gasteiger partial charge in [0.2, 0.25) is 17.7 Å². The van der Waals surface area contributed by atoms with E-state index < -0.39 is 5.25 Å². The van der Waals surface area contributed by atoms with Gasteiger partial charge in [0, 0.05) is 24.3 Å². The molecule has 168 valence electrons. The molecule has 1 unspecified atom stereocenters. The molecule has 1 aliphatic rings. The van der Waals surface area contributed by atoms with E-state index >= 15 is 0 Å². The van der Waals surface area contributed by atoms with Gasteiger partial charge in [-0.25, -0.2) is 4.90 Å². The topological polar surface area (TPSA) is 75.7 Å². The lowest BCUT2D eigenvalue weighted by atomic mass is 10.2. The highest BCUT2D eigenvalue weighted by atomic mass is 32.2. The maximum absolute atomic E-state index is 12.7. The highest BCUT2D eigenvalue weighted by molar-refractivity contribution is 8.00. The van der Waals surface area contributed by atoms with Crippen molar-refractivity contribution in [2.45, 2.75) is 25.0 Å². The van der Waals surface area contributed by atoms with Gasteiger partial charge in [-0.1, -0.05) is 35.9 Å². The number of anilines is 2. The molecule has 7 heteroatoms. The predicted octanol–water partition coefficient (Wildman–Crippen LogP) is 5.18. The van der Waals surface area contributed by atoms with Crippen molar-refractivity contribution in [2.75, 3.05) is 16.0 Å². The second-order valence-corrected chi connectivity index (χ2v) is 9.01. The lowest BCUT2D eigenvalue weighted by Crippen LogP contribution is -2.31. The molecule has 3 aromatic rings. The summed E-state index contributed by atoms with van der Waals surface area (Å²) < 4.78 is 5.75. The van der Waals surface area contributed by atoms with E-state index in [1.54, 1.807) is 36.4 Å².